The number of carbonyl (C=O) groups is 3. The van der Waals surface area contributed by atoms with Crippen LogP contribution in [0.15, 0.2) is 34.9 Å². The summed E-state index contributed by atoms with van der Waals surface area (Å²) in [6.45, 7) is 7.97. The van der Waals surface area contributed by atoms with Gasteiger partial charge in [0.05, 0.1) is 6.04 Å². The van der Waals surface area contributed by atoms with Gasteiger partial charge in [0.2, 0.25) is 17.7 Å². The van der Waals surface area contributed by atoms with Crippen molar-refractivity contribution in [2.75, 3.05) is 13.6 Å². The highest BCUT2D eigenvalue weighted by Gasteiger charge is 2.42. The zero-order chi connectivity index (χ0) is 26.2. The summed E-state index contributed by atoms with van der Waals surface area (Å²) in [7, 11) is 1.69. The fourth-order valence-electron chi connectivity index (χ4n) is 4.59. The van der Waals surface area contributed by atoms with Crippen molar-refractivity contribution in [1.82, 2.24) is 25.5 Å². The van der Waals surface area contributed by atoms with Gasteiger partial charge in [0.15, 0.2) is 11.5 Å². The van der Waals surface area contributed by atoms with Crippen molar-refractivity contribution in [2.24, 2.45) is 11.1 Å². The first-order chi connectivity index (χ1) is 17.0. The maximum absolute atomic E-state index is 13.8. The first-order valence-corrected chi connectivity index (χ1v) is 12.2. The number of nitrogens with one attached hydrogen (secondary N) is 3. The van der Waals surface area contributed by atoms with Crippen LogP contribution in [-0.4, -0.2) is 58.3 Å². The van der Waals surface area contributed by atoms with Gasteiger partial charge in [-0.1, -0.05) is 39.0 Å². The lowest BCUT2D eigenvalue weighted by atomic mass is 9.85. The number of likely N-dealkylation sites (tertiary alicyclic amines) is 1. The summed E-state index contributed by atoms with van der Waals surface area (Å²) >= 11 is 0. The molecule has 1 fully saturated rings. The Labute approximate surface area is 210 Å². The van der Waals surface area contributed by atoms with E-state index in [2.05, 4.69) is 20.6 Å². The van der Waals surface area contributed by atoms with E-state index in [9.17, 15) is 14.4 Å². The maximum Gasteiger partial charge on any atom is 0.271 e. The zero-order valence-electron chi connectivity index (χ0n) is 21.3. The Morgan fingerprint density at radius 3 is 2.64 bits per heavy atom. The van der Waals surface area contributed by atoms with E-state index < -0.39 is 29.4 Å². The maximum atomic E-state index is 13.8. The van der Waals surface area contributed by atoms with Gasteiger partial charge in [-0.2, -0.15) is 0 Å². The molecule has 0 aliphatic carbocycles. The predicted molar refractivity (Wildman–Crippen MR) is 136 cm³/mol. The van der Waals surface area contributed by atoms with Crippen LogP contribution in [0.5, 0.6) is 0 Å². The second-order valence-corrected chi connectivity index (χ2v) is 10.3. The molecule has 5 N–H and O–H groups in total. The molecule has 4 rings (SSSR count). The van der Waals surface area contributed by atoms with E-state index in [1.165, 1.54) is 0 Å². The molecule has 3 aromatic rings. The SMILES string of the molecule is CN[C@@H](C)C(=O)N[C@H](C(=O)N1CCC[C@H]1c1nc(C(N)=O)c(-c2c[nH]c3ccccc23)o1)C(C)(C)C. The van der Waals surface area contributed by atoms with Crippen LogP contribution in [0.1, 0.15) is 63.0 Å². The lowest BCUT2D eigenvalue weighted by molar-refractivity contribution is -0.141. The van der Waals surface area contributed by atoms with Crippen LogP contribution in [0, 0.1) is 5.41 Å². The summed E-state index contributed by atoms with van der Waals surface area (Å²) in [5, 5.41) is 6.69. The van der Waals surface area contributed by atoms with Gasteiger partial charge >= 0.3 is 0 Å². The van der Waals surface area contributed by atoms with E-state index in [0.29, 0.717) is 18.5 Å². The van der Waals surface area contributed by atoms with Gasteiger partial charge in [-0.05, 0) is 38.3 Å². The number of fused-ring (bicyclic) bond motifs is 1. The number of para-hydroxylation sites is 1. The van der Waals surface area contributed by atoms with Gasteiger partial charge in [-0.3, -0.25) is 14.4 Å². The van der Waals surface area contributed by atoms with Gasteiger partial charge in [0, 0.05) is 29.2 Å². The topological polar surface area (TPSA) is 146 Å². The minimum atomic E-state index is -0.750. The molecule has 10 nitrogen and oxygen atoms in total. The molecule has 2 aromatic heterocycles. The molecule has 0 spiro atoms. The van der Waals surface area contributed by atoms with Crippen molar-refractivity contribution >= 4 is 28.6 Å². The number of nitrogens with two attached hydrogens (primary N) is 1. The smallest absolute Gasteiger partial charge is 0.271 e. The number of hydrogen-bond acceptors (Lipinski definition) is 6. The Bertz CT molecular complexity index is 1290. The number of nitrogens with zero attached hydrogens (tertiary/aromatic N) is 2. The molecule has 3 heterocycles. The fraction of sp³-hybridized carbons (Fsp3) is 0.462. The molecule has 3 amide bonds. The molecule has 192 valence electrons. The van der Waals surface area contributed by atoms with Crippen LogP contribution in [-0.2, 0) is 9.59 Å². The number of rotatable bonds is 7. The molecule has 1 aliphatic rings. The standard InChI is InChI=1S/C26H34N6O4/c1-14(28-5)23(34)31-21(26(2,3)4)25(35)32-12-8-11-18(32)24-30-19(22(27)33)20(36-24)16-13-29-17-10-7-6-9-15(16)17/h6-7,9-10,13-14,18,21,28-29H,8,11-12H2,1-5H3,(H2,27,33)(H,31,34)/t14-,18-,21+/m0/s1. The minimum Gasteiger partial charge on any atom is -0.437 e. The minimum absolute atomic E-state index is 0.0255. The first kappa shape index (κ1) is 25.4. The van der Waals surface area contributed by atoms with Crippen LogP contribution >= 0.6 is 0 Å². The zero-order valence-corrected chi connectivity index (χ0v) is 21.3. The number of aromatic nitrogens is 2. The molecular formula is C26H34N6O4. The monoisotopic (exact) mass is 494 g/mol. The van der Waals surface area contributed by atoms with Gasteiger partial charge in [-0.15, -0.1) is 0 Å². The second-order valence-electron chi connectivity index (χ2n) is 10.3. The molecule has 10 heteroatoms. The molecule has 36 heavy (non-hydrogen) atoms. The van der Waals surface area contributed by atoms with Crippen molar-refractivity contribution in [3.8, 4) is 11.3 Å². The van der Waals surface area contributed by atoms with Crippen LogP contribution in [0.4, 0.5) is 0 Å². The number of hydrogen-bond donors (Lipinski definition) is 4. The highest BCUT2D eigenvalue weighted by molar-refractivity contribution is 6.02. The largest absolute Gasteiger partial charge is 0.437 e. The van der Waals surface area contributed by atoms with Crippen LogP contribution in [0.25, 0.3) is 22.2 Å². The third kappa shape index (κ3) is 4.73. The molecule has 3 atom stereocenters. The third-order valence-electron chi connectivity index (χ3n) is 6.76. The number of carbonyl (C=O) groups excluding carboxylic acids is 3. The summed E-state index contributed by atoms with van der Waals surface area (Å²) in [6.07, 6.45) is 3.12. The predicted octanol–water partition coefficient (Wildman–Crippen LogP) is 2.72. The molecule has 1 aliphatic heterocycles. The summed E-state index contributed by atoms with van der Waals surface area (Å²) in [5.74, 6) is -0.637. The van der Waals surface area contributed by atoms with E-state index in [1.54, 1.807) is 25.1 Å². The summed E-state index contributed by atoms with van der Waals surface area (Å²) < 4.78 is 6.17. The Morgan fingerprint density at radius 1 is 1.25 bits per heavy atom. The lowest BCUT2D eigenvalue weighted by Gasteiger charge is -2.35. The van der Waals surface area contributed by atoms with Crippen molar-refractivity contribution < 1.29 is 18.8 Å². The highest BCUT2D eigenvalue weighted by atomic mass is 16.4. The summed E-state index contributed by atoms with van der Waals surface area (Å²) in [6, 6.07) is 5.98. The molecule has 0 unspecified atom stereocenters. The first-order valence-electron chi connectivity index (χ1n) is 12.2. The molecule has 1 saturated heterocycles. The third-order valence-corrected chi connectivity index (χ3v) is 6.76. The van der Waals surface area contributed by atoms with Crippen LogP contribution in [0.3, 0.4) is 0 Å². The van der Waals surface area contributed by atoms with Crippen molar-refractivity contribution in [2.45, 2.75) is 58.7 Å². The Hall–Kier alpha value is -3.66. The number of H-pyrrole nitrogens is 1. The van der Waals surface area contributed by atoms with E-state index in [0.717, 1.165) is 17.3 Å². The van der Waals surface area contributed by atoms with E-state index in [-0.39, 0.29) is 29.2 Å². The molecule has 0 bridgehead atoms. The second kappa shape index (κ2) is 9.77. The Kier molecular flexibility index (Phi) is 6.90. The summed E-state index contributed by atoms with van der Waals surface area (Å²) in [4.78, 5) is 48.0. The molecular weight excluding hydrogens is 460 g/mol. The van der Waals surface area contributed by atoms with Gasteiger partial charge in [-0.25, -0.2) is 4.98 Å². The number of amides is 3. The van der Waals surface area contributed by atoms with Crippen molar-refractivity contribution in [1.29, 1.82) is 0 Å². The number of aromatic amines is 1. The van der Waals surface area contributed by atoms with Gasteiger partial charge < -0.3 is 30.7 Å². The lowest BCUT2D eigenvalue weighted by Crippen LogP contribution is -2.57. The number of benzene rings is 1. The van der Waals surface area contributed by atoms with Crippen LogP contribution in [0.2, 0.25) is 0 Å². The molecule has 0 radical (unpaired) electrons. The Morgan fingerprint density at radius 2 is 1.97 bits per heavy atom. The number of primary amides is 1. The van der Waals surface area contributed by atoms with Crippen molar-refractivity contribution in [3.05, 3.63) is 42.0 Å². The number of likely N-dealkylation sites (N-methyl/N-ethyl adjacent to an activating group) is 1. The molecule has 1 aromatic carbocycles. The summed E-state index contributed by atoms with van der Waals surface area (Å²) in [5.41, 5.74) is 6.73. The van der Waals surface area contributed by atoms with E-state index in [1.807, 2.05) is 45.0 Å². The quantitative estimate of drug-likeness (QED) is 0.397. The fourth-order valence-corrected chi connectivity index (χ4v) is 4.59. The average molecular weight is 495 g/mol. The highest BCUT2D eigenvalue weighted by Crippen LogP contribution is 2.38. The normalized spacial score (nSPS) is 17.8. The van der Waals surface area contributed by atoms with Gasteiger partial charge in [0.1, 0.15) is 12.1 Å². The Balaban J connectivity index is 1.69. The van der Waals surface area contributed by atoms with Gasteiger partial charge in [0.25, 0.3) is 5.91 Å². The average Bonchev–Trinajstić information content (AvgIpc) is 3.57. The van der Waals surface area contributed by atoms with Crippen molar-refractivity contribution in [3.63, 3.8) is 0 Å². The molecule has 0 saturated carbocycles. The van der Waals surface area contributed by atoms with E-state index >= 15 is 0 Å². The van der Waals surface area contributed by atoms with Crippen LogP contribution < -0.4 is 16.4 Å². The van der Waals surface area contributed by atoms with E-state index in [4.69, 9.17) is 10.2 Å². The number of oxazole rings is 1.